The van der Waals surface area contributed by atoms with Gasteiger partial charge in [0.2, 0.25) is 0 Å². The quantitative estimate of drug-likeness (QED) is 0.492. The highest BCUT2D eigenvalue weighted by Gasteiger charge is 2.02. The van der Waals surface area contributed by atoms with Crippen molar-refractivity contribution >= 4 is 5.78 Å². The average Bonchev–Trinajstić information content (AvgIpc) is 2.41. The van der Waals surface area contributed by atoms with Gasteiger partial charge in [0.25, 0.3) is 0 Å². The van der Waals surface area contributed by atoms with E-state index in [-0.39, 0.29) is 0 Å². The van der Waals surface area contributed by atoms with Crippen LogP contribution in [0, 0.1) is 0 Å². The summed E-state index contributed by atoms with van der Waals surface area (Å²) in [6.07, 6.45) is 23.0. The number of Topliss-reactive ketones (excluding diaryl/α,β-unsaturated/α-hetero) is 1. The third kappa shape index (κ3) is 11.0. The van der Waals surface area contributed by atoms with Crippen LogP contribution in [0.15, 0.2) is 12.2 Å². The van der Waals surface area contributed by atoms with Crippen LogP contribution in [0.5, 0.6) is 0 Å². The van der Waals surface area contributed by atoms with Crippen molar-refractivity contribution in [1.29, 1.82) is 0 Å². The number of carbonyl (C=O) groups is 1. The summed E-state index contributed by atoms with van der Waals surface area (Å²) in [5, 5.41) is 0. The van der Waals surface area contributed by atoms with Crippen molar-refractivity contribution in [1.82, 2.24) is 0 Å². The Labute approximate surface area is 119 Å². The van der Waals surface area contributed by atoms with Crippen molar-refractivity contribution in [2.75, 3.05) is 0 Å². The largest absolute Gasteiger partial charge is 0.300 e. The highest BCUT2D eigenvalue weighted by molar-refractivity contribution is 5.78. The van der Waals surface area contributed by atoms with E-state index in [2.05, 4.69) is 12.2 Å². The molecule has 0 radical (unpaired) electrons. The van der Waals surface area contributed by atoms with Crippen molar-refractivity contribution in [3.05, 3.63) is 12.2 Å². The number of allylic oxidation sites excluding steroid dienone is 2. The van der Waals surface area contributed by atoms with Crippen LogP contribution < -0.4 is 0 Å². The molecule has 0 bridgehead atoms. The van der Waals surface area contributed by atoms with Gasteiger partial charge >= 0.3 is 0 Å². The van der Waals surface area contributed by atoms with Gasteiger partial charge in [-0.25, -0.2) is 0 Å². The molecule has 0 aliphatic heterocycles. The third-order valence-electron chi connectivity index (χ3n) is 4.07. The molecule has 1 aliphatic carbocycles. The van der Waals surface area contributed by atoms with Crippen molar-refractivity contribution < 1.29 is 4.79 Å². The van der Waals surface area contributed by atoms with Gasteiger partial charge in [-0.15, -0.1) is 0 Å². The second-order valence-electron chi connectivity index (χ2n) is 5.98. The van der Waals surface area contributed by atoms with Gasteiger partial charge in [0.05, 0.1) is 0 Å². The van der Waals surface area contributed by atoms with Crippen LogP contribution in [0.4, 0.5) is 0 Å². The van der Waals surface area contributed by atoms with Crippen LogP contribution in [0.25, 0.3) is 0 Å². The molecule has 1 heteroatoms. The van der Waals surface area contributed by atoms with E-state index in [4.69, 9.17) is 0 Å². The summed E-state index contributed by atoms with van der Waals surface area (Å²) < 4.78 is 0. The fourth-order valence-corrected chi connectivity index (χ4v) is 2.77. The van der Waals surface area contributed by atoms with Gasteiger partial charge in [0.15, 0.2) is 0 Å². The summed E-state index contributed by atoms with van der Waals surface area (Å²) in [6, 6.07) is 0. The van der Waals surface area contributed by atoms with Gasteiger partial charge in [-0.3, -0.25) is 4.79 Å². The van der Waals surface area contributed by atoms with E-state index < -0.39 is 0 Å². The third-order valence-corrected chi connectivity index (χ3v) is 4.07. The van der Waals surface area contributed by atoms with Crippen molar-refractivity contribution in [2.24, 2.45) is 0 Å². The highest BCUT2D eigenvalue weighted by Crippen LogP contribution is 2.13. The standard InChI is InChI=1S/C18H32O/c19-18-16-14-12-10-8-6-4-2-1-3-5-7-9-11-13-15-17-18/h1-2H,3-17H2. The Balaban J connectivity index is 2.16. The fourth-order valence-electron chi connectivity index (χ4n) is 2.77. The second kappa shape index (κ2) is 12.4. The molecule has 0 saturated carbocycles. The number of rotatable bonds is 0. The number of hydrogen-bond acceptors (Lipinski definition) is 1. The van der Waals surface area contributed by atoms with Crippen molar-refractivity contribution in [3.8, 4) is 0 Å². The smallest absolute Gasteiger partial charge is 0.132 e. The number of carbonyl (C=O) groups excluding carboxylic acids is 1. The molecule has 19 heavy (non-hydrogen) atoms. The normalized spacial score (nSPS) is 22.6. The van der Waals surface area contributed by atoms with Gasteiger partial charge in [0, 0.05) is 12.8 Å². The number of hydrogen-bond donors (Lipinski definition) is 0. The molecule has 0 atom stereocenters. The maximum Gasteiger partial charge on any atom is 0.132 e. The first kappa shape index (κ1) is 16.5. The molecule has 1 rings (SSSR count). The van der Waals surface area contributed by atoms with E-state index >= 15 is 0 Å². The Morgan fingerprint density at radius 3 is 1.37 bits per heavy atom. The molecule has 0 amide bonds. The Morgan fingerprint density at radius 2 is 0.895 bits per heavy atom. The fraction of sp³-hybridized carbons (Fsp3) is 0.833. The molecule has 0 saturated heterocycles. The van der Waals surface area contributed by atoms with Gasteiger partial charge < -0.3 is 0 Å². The molecule has 0 unspecified atom stereocenters. The Morgan fingerprint density at radius 1 is 0.526 bits per heavy atom. The number of ketones is 1. The maximum absolute atomic E-state index is 11.7. The molecule has 1 aliphatic rings. The lowest BCUT2D eigenvalue weighted by molar-refractivity contribution is -0.119. The minimum Gasteiger partial charge on any atom is -0.300 e. The topological polar surface area (TPSA) is 17.1 Å². The maximum atomic E-state index is 11.7. The minimum atomic E-state index is 0.504. The Bertz CT molecular complexity index is 242. The predicted molar refractivity (Wildman–Crippen MR) is 83.4 cm³/mol. The van der Waals surface area contributed by atoms with Gasteiger partial charge in [-0.2, -0.15) is 0 Å². The van der Waals surface area contributed by atoms with E-state index in [1.54, 1.807) is 0 Å². The summed E-state index contributed by atoms with van der Waals surface area (Å²) in [5.41, 5.74) is 0. The SMILES string of the molecule is O=C1CCCCCCCC=CCCCCCCCC1. The first-order chi connectivity index (χ1) is 9.39. The molecule has 0 heterocycles. The summed E-state index contributed by atoms with van der Waals surface area (Å²) >= 11 is 0. The Kier molecular flexibility index (Phi) is 10.8. The molecule has 1 nitrogen and oxygen atoms in total. The van der Waals surface area contributed by atoms with Crippen LogP contribution in [0.1, 0.15) is 96.3 Å². The molecular formula is C18H32O. The molecule has 0 aromatic heterocycles. The summed E-state index contributed by atoms with van der Waals surface area (Å²) in [4.78, 5) is 11.7. The molecule has 0 aromatic rings. The zero-order valence-corrected chi connectivity index (χ0v) is 12.7. The van der Waals surface area contributed by atoms with Crippen LogP contribution in [0.2, 0.25) is 0 Å². The minimum absolute atomic E-state index is 0.504. The monoisotopic (exact) mass is 264 g/mol. The zero-order chi connectivity index (χ0) is 13.6. The van der Waals surface area contributed by atoms with Crippen LogP contribution in [0.3, 0.4) is 0 Å². The summed E-state index contributed by atoms with van der Waals surface area (Å²) in [5.74, 6) is 0.504. The lowest BCUT2D eigenvalue weighted by Gasteiger charge is -2.03. The van der Waals surface area contributed by atoms with E-state index in [1.807, 2.05) is 0 Å². The highest BCUT2D eigenvalue weighted by atomic mass is 16.1. The Hall–Kier alpha value is -0.590. The van der Waals surface area contributed by atoms with Crippen LogP contribution >= 0.6 is 0 Å². The van der Waals surface area contributed by atoms with Gasteiger partial charge in [-0.05, 0) is 38.5 Å². The molecule has 0 spiro atoms. The van der Waals surface area contributed by atoms with E-state index in [1.165, 1.54) is 70.6 Å². The average molecular weight is 264 g/mol. The first-order valence-electron chi connectivity index (χ1n) is 8.56. The predicted octanol–water partition coefficient (Wildman–Crippen LogP) is 5.98. The molecular weight excluding hydrogens is 232 g/mol. The lowest BCUT2D eigenvalue weighted by atomic mass is 10.0. The summed E-state index contributed by atoms with van der Waals surface area (Å²) in [7, 11) is 0. The van der Waals surface area contributed by atoms with Crippen LogP contribution in [-0.2, 0) is 4.79 Å². The zero-order valence-electron chi connectivity index (χ0n) is 12.7. The van der Waals surface area contributed by atoms with Crippen LogP contribution in [-0.4, -0.2) is 5.78 Å². The van der Waals surface area contributed by atoms with Gasteiger partial charge in [0.1, 0.15) is 5.78 Å². The van der Waals surface area contributed by atoms with E-state index in [0.717, 1.165) is 25.7 Å². The summed E-state index contributed by atoms with van der Waals surface area (Å²) in [6.45, 7) is 0. The van der Waals surface area contributed by atoms with Crippen molar-refractivity contribution in [3.63, 3.8) is 0 Å². The van der Waals surface area contributed by atoms with E-state index in [9.17, 15) is 4.79 Å². The first-order valence-corrected chi connectivity index (χ1v) is 8.56. The lowest BCUT2D eigenvalue weighted by Crippen LogP contribution is -1.97. The molecule has 0 aromatic carbocycles. The second-order valence-corrected chi connectivity index (χ2v) is 5.98. The molecule has 110 valence electrons. The molecule has 0 fully saturated rings. The molecule has 0 N–H and O–H groups in total. The van der Waals surface area contributed by atoms with E-state index in [0.29, 0.717) is 5.78 Å². The van der Waals surface area contributed by atoms with Crippen molar-refractivity contribution in [2.45, 2.75) is 96.3 Å². The van der Waals surface area contributed by atoms with Gasteiger partial charge in [-0.1, -0.05) is 57.1 Å².